The molecular formula is C16H12NO6-. The van der Waals surface area contributed by atoms with Crippen molar-refractivity contribution in [2.75, 3.05) is 18.2 Å². The summed E-state index contributed by atoms with van der Waals surface area (Å²) in [4.78, 5) is 25.8. The number of nitrogens with zero attached hydrogens (tertiary/aromatic N) is 1. The number of benzene rings is 1. The van der Waals surface area contributed by atoms with E-state index in [2.05, 4.69) is 0 Å². The molecule has 4 aliphatic heterocycles. The van der Waals surface area contributed by atoms with Gasteiger partial charge in [0.1, 0.15) is 5.60 Å². The number of carboxylic acid groups (broad SMARTS) is 1. The van der Waals surface area contributed by atoms with E-state index < -0.39 is 29.5 Å². The summed E-state index contributed by atoms with van der Waals surface area (Å²) in [7, 11) is 0. The zero-order valence-corrected chi connectivity index (χ0v) is 11.9. The van der Waals surface area contributed by atoms with Crippen LogP contribution in [0.2, 0.25) is 0 Å². The fourth-order valence-corrected chi connectivity index (χ4v) is 4.04. The molecule has 1 aromatic carbocycles. The molecule has 7 nitrogen and oxygen atoms in total. The van der Waals surface area contributed by atoms with Crippen molar-refractivity contribution < 1.29 is 28.9 Å². The second-order valence-electron chi connectivity index (χ2n) is 6.18. The Balaban J connectivity index is 1.54. The first kappa shape index (κ1) is 13.0. The summed E-state index contributed by atoms with van der Waals surface area (Å²) in [6.45, 7) is 0.437. The second-order valence-corrected chi connectivity index (χ2v) is 6.18. The molecule has 0 aromatic heterocycles. The molecule has 0 saturated carbocycles. The summed E-state index contributed by atoms with van der Waals surface area (Å²) in [6.07, 6.45) is 2.95. The van der Waals surface area contributed by atoms with Gasteiger partial charge < -0.3 is 29.0 Å². The molecule has 1 aromatic rings. The SMILES string of the molecule is O=C([O-])[C@H]1[C@H]2C=C[C@@]3(CN(c4ccc5c(c4)OCO5)C(=O)[C@@H]13)O2. The maximum atomic E-state index is 12.8. The number of anilines is 1. The lowest BCUT2D eigenvalue weighted by atomic mass is 9.77. The molecule has 0 radical (unpaired) electrons. The molecule has 5 rings (SSSR count). The number of ether oxygens (including phenoxy) is 3. The van der Waals surface area contributed by atoms with Gasteiger partial charge in [-0.3, -0.25) is 4.79 Å². The lowest BCUT2D eigenvalue weighted by Crippen LogP contribution is -2.45. The van der Waals surface area contributed by atoms with Gasteiger partial charge >= 0.3 is 0 Å². The molecule has 2 saturated heterocycles. The Kier molecular flexibility index (Phi) is 2.28. The number of carbonyl (C=O) groups excluding carboxylic acids is 2. The largest absolute Gasteiger partial charge is 0.550 e. The van der Waals surface area contributed by atoms with E-state index in [1.54, 1.807) is 29.2 Å². The van der Waals surface area contributed by atoms with Crippen molar-refractivity contribution in [1.29, 1.82) is 0 Å². The smallest absolute Gasteiger partial charge is 0.234 e. The zero-order chi connectivity index (χ0) is 15.8. The normalized spacial score (nSPS) is 35.9. The average molecular weight is 314 g/mol. The summed E-state index contributed by atoms with van der Waals surface area (Å²) in [5.41, 5.74) is -0.233. The Labute approximate surface area is 131 Å². The van der Waals surface area contributed by atoms with Crippen LogP contribution >= 0.6 is 0 Å². The number of carboxylic acids is 1. The van der Waals surface area contributed by atoms with E-state index in [0.717, 1.165) is 0 Å². The molecule has 4 heterocycles. The van der Waals surface area contributed by atoms with Crippen LogP contribution < -0.4 is 19.5 Å². The van der Waals surface area contributed by atoms with Crippen LogP contribution in [0.5, 0.6) is 11.5 Å². The average Bonchev–Trinajstić information content (AvgIpc) is 3.26. The topological polar surface area (TPSA) is 88.1 Å². The molecule has 118 valence electrons. The Morgan fingerprint density at radius 1 is 1.30 bits per heavy atom. The Hall–Kier alpha value is -2.54. The summed E-state index contributed by atoms with van der Waals surface area (Å²) < 4.78 is 16.4. The molecule has 2 fully saturated rings. The van der Waals surface area contributed by atoms with Crippen LogP contribution in [0.15, 0.2) is 30.4 Å². The van der Waals surface area contributed by atoms with Crippen LogP contribution in [-0.2, 0) is 14.3 Å². The maximum absolute atomic E-state index is 12.8. The number of fused-ring (bicyclic) bond motifs is 2. The van der Waals surface area contributed by atoms with E-state index in [1.807, 2.05) is 6.08 Å². The van der Waals surface area contributed by atoms with Crippen molar-refractivity contribution in [3.05, 3.63) is 30.4 Å². The van der Waals surface area contributed by atoms with Gasteiger partial charge in [0.05, 0.1) is 18.6 Å². The highest BCUT2D eigenvalue weighted by Crippen LogP contribution is 2.52. The van der Waals surface area contributed by atoms with Crippen molar-refractivity contribution in [2.45, 2.75) is 11.7 Å². The molecule has 4 aliphatic rings. The Bertz CT molecular complexity index is 774. The third-order valence-corrected chi connectivity index (χ3v) is 5.04. The monoisotopic (exact) mass is 314 g/mol. The number of hydrogen-bond acceptors (Lipinski definition) is 6. The van der Waals surface area contributed by atoms with E-state index in [0.29, 0.717) is 17.2 Å². The van der Waals surface area contributed by atoms with Crippen molar-refractivity contribution in [3.8, 4) is 11.5 Å². The van der Waals surface area contributed by atoms with Crippen molar-refractivity contribution >= 4 is 17.6 Å². The van der Waals surface area contributed by atoms with Gasteiger partial charge in [-0.1, -0.05) is 12.2 Å². The predicted molar refractivity (Wildman–Crippen MR) is 73.6 cm³/mol. The zero-order valence-electron chi connectivity index (χ0n) is 11.9. The fraction of sp³-hybridized carbons (Fsp3) is 0.375. The number of hydrogen-bond donors (Lipinski definition) is 0. The van der Waals surface area contributed by atoms with E-state index in [-0.39, 0.29) is 19.2 Å². The van der Waals surface area contributed by atoms with Crippen LogP contribution in [0.3, 0.4) is 0 Å². The van der Waals surface area contributed by atoms with Gasteiger partial charge in [-0.05, 0) is 12.1 Å². The first-order valence-corrected chi connectivity index (χ1v) is 7.38. The highest BCUT2D eigenvalue weighted by atomic mass is 16.7. The molecule has 0 aliphatic carbocycles. The highest BCUT2D eigenvalue weighted by Gasteiger charge is 2.65. The summed E-state index contributed by atoms with van der Waals surface area (Å²) in [5, 5.41) is 11.4. The predicted octanol–water partition coefficient (Wildman–Crippen LogP) is -0.548. The second kappa shape index (κ2) is 4.05. The van der Waals surface area contributed by atoms with Gasteiger partial charge in [0.25, 0.3) is 0 Å². The Morgan fingerprint density at radius 2 is 2.13 bits per heavy atom. The van der Waals surface area contributed by atoms with Gasteiger partial charge in [-0.25, -0.2) is 0 Å². The molecule has 4 atom stereocenters. The quantitative estimate of drug-likeness (QED) is 0.681. The van der Waals surface area contributed by atoms with Gasteiger partial charge in [0.15, 0.2) is 11.5 Å². The van der Waals surface area contributed by atoms with Crippen LogP contribution in [0, 0.1) is 11.8 Å². The minimum Gasteiger partial charge on any atom is -0.550 e. The summed E-state index contributed by atoms with van der Waals surface area (Å²) >= 11 is 0. The maximum Gasteiger partial charge on any atom is 0.234 e. The third-order valence-electron chi connectivity index (χ3n) is 5.04. The third kappa shape index (κ3) is 1.52. The molecule has 2 bridgehead atoms. The van der Waals surface area contributed by atoms with Gasteiger partial charge in [0.2, 0.25) is 12.7 Å². The number of amides is 1. The van der Waals surface area contributed by atoms with Crippen LogP contribution in [0.4, 0.5) is 5.69 Å². The molecule has 0 N–H and O–H groups in total. The number of aliphatic carboxylic acids is 1. The molecule has 7 heteroatoms. The first-order chi connectivity index (χ1) is 11.1. The molecule has 0 unspecified atom stereocenters. The minimum atomic E-state index is -1.24. The van der Waals surface area contributed by atoms with Gasteiger partial charge in [-0.2, -0.15) is 0 Å². The van der Waals surface area contributed by atoms with E-state index in [1.165, 1.54) is 0 Å². The standard InChI is InChI=1S/C16H13NO6/c18-14-13-12(15(19)20)10-3-4-16(13,23-10)6-17(14)8-1-2-9-11(5-8)22-7-21-9/h1-5,10,12-13H,6-7H2,(H,19,20)/p-1/t10-,12+,13-,16+/m1/s1. The molecule has 1 spiro atoms. The fourth-order valence-electron chi connectivity index (χ4n) is 4.04. The number of carbonyl (C=O) groups is 2. The van der Waals surface area contributed by atoms with E-state index in [4.69, 9.17) is 14.2 Å². The minimum absolute atomic E-state index is 0.152. The van der Waals surface area contributed by atoms with Crippen molar-refractivity contribution in [2.24, 2.45) is 11.8 Å². The first-order valence-electron chi connectivity index (χ1n) is 7.38. The van der Waals surface area contributed by atoms with Gasteiger partial charge in [0, 0.05) is 23.6 Å². The summed E-state index contributed by atoms with van der Waals surface area (Å²) in [5.74, 6) is -1.98. The molecular weight excluding hydrogens is 302 g/mol. The van der Waals surface area contributed by atoms with Gasteiger partial charge in [-0.15, -0.1) is 0 Å². The summed E-state index contributed by atoms with van der Waals surface area (Å²) in [6, 6.07) is 5.22. The molecule has 1 amide bonds. The van der Waals surface area contributed by atoms with E-state index in [9.17, 15) is 14.7 Å². The highest BCUT2D eigenvalue weighted by molar-refractivity contribution is 6.02. The lowest BCUT2D eigenvalue weighted by molar-refractivity contribution is -0.313. The van der Waals surface area contributed by atoms with E-state index >= 15 is 0 Å². The van der Waals surface area contributed by atoms with Crippen LogP contribution in [0.1, 0.15) is 0 Å². The van der Waals surface area contributed by atoms with Crippen molar-refractivity contribution in [1.82, 2.24) is 0 Å². The van der Waals surface area contributed by atoms with Crippen LogP contribution in [-0.4, -0.2) is 36.9 Å². The lowest BCUT2D eigenvalue weighted by Gasteiger charge is -2.24. The van der Waals surface area contributed by atoms with Crippen LogP contribution in [0.25, 0.3) is 0 Å². The molecule has 23 heavy (non-hydrogen) atoms. The Morgan fingerprint density at radius 3 is 2.96 bits per heavy atom. The number of rotatable bonds is 2. The van der Waals surface area contributed by atoms with Crippen molar-refractivity contribution in [3.63, 3.8) is 0 Å².